The number of hydrogen-bond donors (Lipinski definition) is 30. The van der Waals surface area contributed by atoms with E-state index >= 15 is 0 Å². The van der Waals surface area contributed by atoms with Crippen molar-refractivity contribution >= 4 is 59.6 Å². The maximum Gasteiger partial charge on any atom is 0.404 e. The second-order valence-corrected chi connectivity index (χ2v) is 50.2. The molecule has 0 aromatic heterocycles. The Hall–Kier alpha value is -8.05. The number of alkyl halides is 5. The van der Waals surface area contributed by atoms with Crippen LogP contribution in [-0.4, -0.2) is 265 Å². The van der Waals surface area contributed by atoms with Crippen LogP contribution in [0.1, 0.15) is 321 Å². The fourth-order valence-corrected chi connectivity index (χ4v) is 11.3. The van der Waals surface area contributed by atoms with Crippen molar-refractivity contribution in [1.29, 1.82) is 0 Å². The van der Waals surface area contributed by atoms with E-state index in [1.165, 1.54) is 0 Å². The van der Waals surface area contributed by atoms with Crippen LogP contribution in [-0.2, 0) is 0 Å². The number of hydrogen-bond acceptors (Lipinski definition) is 20. The standard InChI is InChI=1S/2C11H26N4.C10H21F3N4.C10H22F2N4.6C10H24N4/c1-10(2,3)6-14-7-11(4,5)8-15-9(12)13;1-5-9(11(2,3)4)14-7-6-8-15-10(12)13;1-9(2,3)7(10(11,12)13)16-5-4-6-17-8(14)15;1-10(2,3)7(8(11)12)15-5-4-6-16-9(13)14;2*1-8(6-14-9(11)12)5-13-7-10(2,3)4;2*1-8(5-6-13-9(11)12)14-7-10(2,3)4;2*1-8(10(2,3)4)13-6-5-7-14-9(11)12/h14H,6-8H2,1-5H3,(H4,12,13,15);9,14H,5-8H2,1-4H3,(H4,12,13,15);7,16H,4-6H2,1-3H3,(H4,14,15,17);7-8,15H,4-6H2,1-3H3,(H4,13,14,16);2*8,13H,5-7H2,1-4H3,(H4,11,12,14);2*8,14H,5-7H2,1-4H3,(H4,11,12,13);2*8,13H,5-7H2,1-4H3,(H4,11,12,14)/t;9-;;;6*8-/m.0..101010/s1. The number of aliphatic imine (C=N–C) groups is 10. The van der Waals surface area contributed by atoms with Crippen molar-refractivity contribution in [2.45, 2.75) is 376 Å². The van der Waals surface area contributed by atoms with Crippen LogP contribution in [0.5, 0.6) is 0 Å². The van der Waals surface area contributed by atoms with Crippen molar-refractivity contribution in [2.24, 2.45) is 236 Å². The van der Waals surface area contributed by atoms with E-state index in [4.69, 9.17) is 115 Å². The lowest BCUT2D eigenvalue weighted by atomic mass is 9.85. The van der Waals surface area contributed by atoms with Gasteiger partial charge in [0.25, 0.3) is 6.43 Å². The Morgan fingerprint density at radius 3 is 0.741 bits per heavy atom. The van der Waals surface area contributed by atoms with Crippen LogP contribution in [0.15, 0.2) is 49.9 Å². The fourth-order valence-electron chi connectivity index (χ4n) is 11.3. The first-order valence-corrected chi connectivity index (χ1v) is 52.4. The van der Waals surface area contributed by atoms with Crippen molar-refractivity contribution in [1.82, 2.24) is 53.2 Å². The van der Waals surface area contributed by atoms with E-state index in [-0.39, 0.29) is 71.6 Å². The van der Waals surface area contributed by atoms with Crippen molar-refractivity contribution in [3.05, 3.63) is 0 Å². The van der Waals surface area contributed by atoms with Gasteiger partial charge >= 0.3 is 6.18 Å². The Morgan fingerprint density at radius 1 is 0.265 bits per heavy atom. The summed E-state index contributed by atoms with van der Waals surface area (Å²) in [6, 6.07) is 0.121. The molecule has 0 rings (SSSR count). The zero-order valence-corrected chi connectivity index (χ0v) is 101. The predicted octanol–water partition coefficient (Wildman–Crippen LogP) is 7.88. The SMILES string of the molecule is CC(C)(C)C(NCCCN=C(N)N)C(F)(F)F.CC(C)(C)C(NCCCN=C(N)N)C(F)F.CC(C)(C)CNCC(C)(C)CN=C(N)N.CC[C@H](NCCCN=C(N)N)C(C)(C)C.C[C@@H](CCN=C(N)N)NCC(C)(C)C.C[C@@H](CN=C(N)N)CNCC(C)(C)C.C[C@@H](NCCCN=C(N)N)C(C)(C)C.C[C@H](CCN=C(N)N)NCC(C)(C)C.C[C@H](CN=C(N)N)CNCC(C)(C)C.C[C@H](NCCCN=C(N)N)C(C)(C)C. The number of halogens is 5. The molecule has 9 atom stereocenters. The lowest BCUT2D eigenvalue weighted by molar-refractivity contribution is -0.177. The van der Waals surface area contributed by atoms with Gasteiger partial charge in [0.05, 0.1) is 6.04 Å². The van der Waals surface area contributed by atoms with Gasteiger partial charge in [0, 0.05) is 135 Å². The average molecular weight is 2120 g/mol. The van der Waals surface area contributed by atoms with Gasteiger partial charge < -0.3 is 168 Å². The molecule has 0 aliphatic rings. The Labute approximate surface area is 893 Å². The molecule has 0 radical (unpaired) electrons. The summed E-state index contributed by atoms with van der Waals surface area (Å²) in [5, 5.41) is 32.9. The molecule has 50 N–H and O–H groups in total. The molecule has 0 heterocycles. The largest absolute Gasteiger partial charge is 0.404 e. The highest BCUT2D eigenvalue weighted by Crippen LogP contribution is 2.33. The molecule has 0 aromatic carbocycles. The molecule has 0 spiro atoms. The summed E-state index contributed by atoms with van der Waals surface area (Å²) in [5.74, 6) is 2.31. The monoisotopic (exact) mass is 2120 g/mol. The Balaban J connectivity index is -0.000000177. The van der Waals surface area contributed by atoms with Crippen LogP contribution in [0, 0.1) is 71.4 Å². The van der Waals surface area contributed by atoms with Crippen LogP contribution in [0.25, 0.3) is 0 Å². The summed E-state index contributed by atoms with van der Waals surface area (Å²) < 4.78 is 63.6. The van der Waals surface area contributed by atoms with Gasteiger partial charge in [-0.15, -0.1) is 0 Å². The molecule has 0 saturated carbocycles. The van der Waals surface area contributed by atoms with Gasteiger partial charge in [0.1, 0.15) is 6.04 Å². The van der Waals surface area contributed by atoms with Gasteiger partial charge in [0.15, 0.2) is 59.6 Å². The molecule has 147 heavy (non-hydrogen) atoms. The molecule has 0 aliphatic carbocycles. The first kappa shape index (κ1) is 159. The summed E-state index contributed by atoms with van der Waals surface area (Å²) in [5.41, 5.74) is 106. The Kier molecular flexibility index (Phi) is 91.4. The maximum absolute atomic E-state index is 12.7. The highest BCUT2D eigenvalue weighted by Gasteiger charge is 2.46. The van der Waals surface area contributed by atoms with E-state index in [0.29, 0.717) is 170 Å². The van der Waals surface area contributed by atoms with Crippen molar-refractivity contribution in [3.63, 3.8) is 0 Å². The van der Waals surface area contributed by atoms with Gasteiger partial charge in [-0.1, -0.05) is 242 Å². The third-order valence-electron chi connectivity index (χ3n) is 20.7. The molecule has 45 heteroatoms. The molecule has 40 nitrogen and oxygen atoms in total. The molecular formula is C102H239F5N40. The first-order valence-electron chi connectivity index (χ1n) is 52.4. The van der Waals surface area contributed by atoms with E-state index in [2.05, 4.69) is 332 Å². The zero-order valence-electron chi connectivity index (χ0n) is 101. The highest BCUT2D eigenvalue weighted by molar-refractivity contribution is 5.78. The normalized spacial score (nSPS) is 13.7. The summed E-state index contributed by atoms with van der Waals surface area (Å²) >= 11 is 0. The van der Waals surface area contributed by atoms with Gasteiger partial charge in [-0.05, 0) is 196 Å². The Bertz CT molecular complexity index is 3280. The number of guanidine groups is 10. The molecule has 882 valence electrons. The van der Waals surface area contributed by atoms with E-state index in [1.54, 1.807) is 41.5 Å². The number of nitrogens with zero attached hydrogens (tertiary/aromatic N) is 10. The molecular weight excluding hydrogens is 1880 g/mol. The summed E-state index contributed by atoms with van der Waals surface area (Å²) in [6.45, 7) is 100. The lowest BCUT2D eigenvalue weighted by Gasteiger charge is -2.33. The van der Waals surface area contributed by atoms with E-state index in [9.17, 15) is 22.0 Å². The van der Waals surface area contributed by atoms with Gasteiger partial charge in [-0.25, -0.2) is 8.78 Å². The van der Waals surface area contributed by atoms with Gasteiger partial charge in [-0.2, -0.15) is 13.2 Å². The van der Waals surface area contributed by atoms with Crippen LogP contribution in [0.2, 0.25) is 0 Å². The van der Waals surface area contributed by atoms with Crippen molar-refractivity contribution in [2.75, 3.05) is 151 Å². The topological polar surface area (TPSA) is 764 Å². The highest BCUT2D eigenvalue weighted by atomic mass is 19.4. The third-order valence-corrected chi connectivity index (χ3v) is 20.7. The van der Waals surface area contributed by atoms with Crippen LogP contribution < -0.4 is 168 Å². The first-order chi connectivity index (χ1) is 66.2. The van der Waals surface area contributed by atoms with E-state index < -0.39 is 35.5 Å². The molecule has 0 aliphatic heterocycles. The van der Waals surface area contributed by atoms with Gasteiger partial charge in [0.2, 0.25) is 0 Å². The number of rotatable bonds is 52. The minimum atomic E-state index is -4.26. The predicted molar refractivity (Wildman–Crippen MR) is 632 cm³/mol. The molecule has 0 fully saturated rings. The summed E-state index contributed by atoms with van der Waals surface area (Å²) in [4.78, 5) is 39.1. The molecule has 0 saturated heterocycles. The zero-order chi connectivity index (χ0) is 118. The lowest BCUT2D eigenvalue weighted by Crippen LogP contribution is -2.51. The second-order valence-electron chi connectivity index (χ2n) is 50.2. The number of nitrogens with two attached hydrogens (primary N) is 20. The second kappa shape index (κ2) is 84.5. The molecule has 0 bridgehead atoms. The quantitative estimate of drug-likeness (QED) is 0.0119. The van der Waals surface area contributed by atoms with Gasteiger partial charge in [-0.3, -0.25) is 49.9 Å². The summed E-state index contributed by atoms with van der Waals surface area (Å²) in [7, 11) is 0. The minimum absolute atomic E-state index is 0.0289. The van der Waals surface area contributed by atoms with E-state index in [0.717, 1.165) is 111 Å². The van der Waals surface area contributed by atoms with Crippen LogP contribution in [0.3, 0.4) is 0 Å². The van der Waals surface area contributed by atoms with Crippen LogP contribution >= 0.6 is 0 Å². The number of nitrogens with one attached hydrogen (secondary N) is 10. The molecule has 0 amide bonds. The smallest absolute Gasteiger partial charge is 0.370 e. The van der Waals surface area contributed by atoms with Crippen LogP contribution in [0.4, 0.5) is 22.0 Å². The fraction of sp³-hybridized carbons (Fsp3) is 0.902. The third kappa shape index (κ3) is 138. The Morgan fingerprint density at radius 2 is 0.517 bits per heavy atom. The maximum atomic E-state index is 12.7. The summed E-state index contributed by atoms with van der Waals surface area (Å²) in [6.07, 6.45) is 0.462. The van der Waals surface area contributed by atoms with Crippen molar-refractivity contribution < 1.29 is 22.0 Å². The average Bonchev–Trinajstić information content (AvgIpc) is 0.831. The minimum Gasteiger partial charge on any atom is -0.370 e. The molecule has 2 unspecified atom stereocenters. The molecule has 0 aromatic rings. The van der Waals surface area contributed by atoms with Crippen molar-refractivity contribution in [3.8, 4) is 0 Å². The van der Waals surface area contributed by atoms with E-state index in [1.807, 2.05) is 0 Å².